The molecule has 76 valence electrons. The van der Waals surface area contributed by atoms with Gasteiger partial charge in [-0.1, -0.05) is 37.3 Å². The van der Waals surface area contributed by atoms with Crippen LogP contribution in [0.5, 0.6) is 0 Å². The molecular formula is C11H12N4. The molecule has 0 amide bonds. The van der Waals surface area contributed by atoms with Gasteiger partial charge in [-0.3, -0.25) is 0 Å². The van der Waals surface area contributed by atoms with Crippen molar-refractivity contribution in [2.75, 3.05) is 5.73 Å². The van der Waals surface area contributed by atoms with E-state index in [1.807, 2.05) is 37.3 Å². The Balaban J connectivity index is 2.49. The smallest absolute Gasteiger partial charge is 0.223 e. The first-order chi connectivity index (χ1) is 7.29. The van der Waals surface area contributed by atoms with Crippen LogP contribution < -0.4 is 5.73 Å². The summed E-state index contributed by atoms with van der Waals surface area (Å²) in [4.78, 5) is 12.5. The monoisotopic (exact) mass is 200 g/mol. The van der Waals surface area contributed by atoms with Crippen LogP contribution in [-0.2, 0) is 6.42 Å². The van der Waals surface area contributed by atoms with Gasteiger partial charge < -0.3 is 5.73 Å². The Bertz CT molecular complexity index is 453. The molecule has 0 unspecified atom stereocenters. The minimum Gasteiger partial charge on any atom is -0.368 e. The molecule has 1 heterocycles. The fourth-order valence-electron chi connectivity index (χ4n) is 1.31. The molecule has 0 spiro atoms. The third-order valence-corrected chi connectivity index (χ3v) is 2.05. The van der Waals surface area contributed by atoms with Gasteiger partial charge in [0, 0.05) is 12.0 Å². The van der Waals surface area contributed by atoms with Gasteiger partial charge in [-0.25, -0.2) is 4.98 Å². The molecule has 4 nitrogen and oxygen atoms in total. The summed E-state index contributed by atoms with van der Waals surface area (Å²) >= 11 is 0. The number of anilines is 1. The van der Waals surface area contributed by atoms with Gasteiger partial charge in [-0.05, 0) is 0 Å². The molecule has 1 aromatic carbocycles. The SMILES string of the molecule is CCc1nc(N)nc(-c2ccccc2)n1. The molecule has 2 aromatic rings. The Kier molecular flexibility index (Phi) is 2.58. The first kappa shape index (κ1) is 9.58. The molecule has 0 atom stereocenters. The number of hydrogen-bond acceptors (Lipinski definition) is 4. The van der Waals surface area contributed by atoms with Gasteiger partial charge in [0.2, 0.25) is 5.95 Å². The predicted octanol–water partition coefficient (Wildman–Crippen LogP) is 1.68. The molecule has 0 radical (unpaired) electrons. The second-order valence-electron chi connectivity index (χ2n) is 3.15. The molecule has 0 bridgehead atoms. The van der Waals surface area contributed by atoms with Gasteiger partial charge in [-0.15, -0.1) is 0 Å². The topological polar surface area (TPSA) is 64.7 Å². The normalized spacial score (nSPS) is 10.2. The number of nitrogens with zero attached hydrogens (tertiary/aromatic N) is 3. The molecule has 15 heavy (non-hydrogen) atoms. The van der Waals surface area contributed by atoms with E-state index in [1.165, 1.54) is 0 Å². The number of hydrogen-bond donors (Lipinski definition) is 1. The molecule has 0 fully saturated rings. The summed E-state index contributed by atoms with van der Waals surface area (Å²) in [6, 6.07) is 9.75. The lowest BCUT2D eigenvalue weighted by Crippen LogP contribution is -2.03. The van der Waals surface area contributed by atoms with Crippen LogP contribution in [0.1, 0.15) is 12.7 Å². The van der Waals surface area contributed by atoms with Gasteiger partial charge in [0.25, 0.3) is 0 Å². The predicted molar refractivity (Wildman–Crippen MR) is 59.1 cm³/mol. The third kappa shape index (κ3) is 2.10. The molecule has 2 rings (SSSR count). The average molecular weight is 200 g/mol. The van der Waals surface area contributed by atoms with Gasteiger partial charge >= 0.3 is 0 Å². The summed E-state index contributed by atoms with van der Waals surface area (Å²) in [6.07, 6.45) is 0.757. The highest BCUT2D eigenvalue weighted by Crippen LogP contribution is 2.14. The summed E-state index contributed by atoms with van der Waals surface area (Å²) in [6.45, 7) is 1.99. The largest absolute Gasteiger partial charge is 0.368 e. The summed E-state index contributed by atoms with van der Waals surface area (Å²) in [5.41, 5.74) is 6.57. The molecule has 0 saturated carbocycles. The van der Waals surface area contributed by atoms with E-state index in [-0.39, 0.29) is 5.95 Å². The van der Waals surface area contributed by atoms with Gasteiger partial charge in [0.1, 0.15) is 5.82 Å². The van der Waals surface area contributed by atoms with Gasteiger partial charge in [0.15, 0.2) is 5.82 Å². The van der Waals surface area contributed by atoms with E-state index in [0.717, 1.165) is 17.8 Å². The Hall–Kier alpha value is -1.97. The molecule has 0 aliphatic carbocycles. The highest BCUT2D eigenvalue weighted by Gasteiger charge is 2.04. The molecule has 0 saturated heterocycles. The Morgan fingerprint density at radius 3 is 2.47 bits per heavy atom. The maximum Gasteiger partial charge on any atom is 0.223 e. The Labute approximate surface area is 88.2 Å². The number of rotatable bonds is 2. The van der Waals surface area contributed by atoms with Crippen molar-refractivity contribution in [1.82, 2.24) is 15.0 Å². The zero-order chi connectivity index (χ0) is 10.7. The van der Waals surface area contributed by atoms with Crippen LogP contribution in [0.3, 0.4) is 0 Å². The van der Waals surface area contributed by atoms with E-state index in [9.17, 15) is 0 Å². The highest BCUT2D eigenvalue weighted by molar-refractivity contribution is 5.55. The van der Waals surface area contributed by atoms with Crippen LogP contribution in [-0.4, -0.2) is 15.0 Å². The fraction of sp³-hybridized carbons (Fsp3) is 0.182. The van der Waals surface area contributed by atoms with E-state index >= 15 is 0 Å². The summed E-state index contributed by atoms with van der Waals surface area (Å²) in [5.74, 6) is 1.64. The lowest BCUT2D eigenvalue weighted by Gasteiger charge is -2.02. The number of aromatic nitrogens is 3. The maximum atomic E-state index is 5.61. The number of nitrogens with two attached hydrogens (primary N) is 1. The van der Waals surface area contributed by atoms with Crippen molar-refractivity contribution in [2.24, 2.45) is 0 Å². The Morgan fingerprint density at radius 1 is 1.07 bits per heavy atom. The van der Waals surface area contributed by atoms with Crippen molar-refractivity contribution in [3.8, 4) is 11.4 Å². The minimum atomic E-state index is 0.278. The van der Waals surface area contributed by atoms with E-state index in [2.05, 4.69) is 15.0 Å². The van der Waals surface area contributed by atoms with Crippen LogP contribution in [0.25, 0.3) is 11.4 Å². The first-order valence-corrected chi connectivity index (χ1v) is 4.85. The van der Waals surface area contributed by atoms with Crippen molar-refractivity contribution in [1.29, 1.82) is 0 Å². The van der Waals surface area contributed by atoms with Gasteiger partial charge in [-0.2, -0.15) is 9.97 Å². The van der Waals surface area contributed by atoms with Crippen molar-refractivity contribution >= 4 is 5.95 Å². The lowest BCUT2D eigenvalue weighted by atomic mass is 10.2. The van der Waals surface area contributed by atoms with Crippen LogP contribution in [0.15, 0.2) is 30.3 Å². The fourth-order valence-corrected chi connectivity index (χ4v) is 1.31. The number of nitrogen functional groups attached to an aromatic ring is 1. The van der Waals surface area contributed by atoms with Crippen LogP contribution in [0.4, 0.5) is 5.95 Å². The van der Waals surface area contributed by atoms with E-state index < -0.39 is 0 Å². The molecule has 0 aliphatic rings. The first-order valence-electron chi connectivity index (χ1n) is 4.85. The van der Waals surface area contributed by atoms with Crippen molar-refractivity contribution in [3.05, 3.63) is 36.2 Å². The summed E-state index contributed by atoms with van der Waals surface area (Å²) in [5, 5.41) is 0. The van der Waals surface area contributed by atoms with Crippen molar-refractivity contribution in [3.63, 3.8) is 0 Å². The van der Waals surface area contributed by atoms with Crippen molar-refractivity contribution < 1.29 is 0 Å². The lowest BCUT2D eigenvalue weighted by molar-refractivity contribution is 0.913. The average Bonchev–Trinajstić information content (AvgIpc) is 2.29. The van der Waals surface area contributed by atoms with Crippen LogP contribution in [0.2, 0.25) is 0 Å². The maximum absolute atomic E-state index is 5.61. The molecular weight excluding hydrogens is 188 g/mol. The molecule has 1 aromatic heterocycles. The highest BCUT2D eigenvalue weighted by atomic mass is 15.1. The third-order valence-electron chi connectivity index (χ3n) is 2.05. The summed E-state index contributed by atoms with van der Waals surface area (Å²) < 4.78 is 0. The van der Waals surface area contributed by atoms with Gasteiger partial charge in [0.05, 0.1) is 0 Å². The molecule has 4 heteroatoms. The number of benzene rings is 1. The van der Waals surface area contributed by atoms with E-state index in [4.69, 9.17) is 5.73 Å². The van der Waals surface area contributed by atoms with Crippen molar-refractivity contribution in [2.45, 2.75) is 13.3 Å². The minimum absolute atomic E-state index is 0.278. The zero-order valence-corrected chi connectivity index (χ0v) is 8.51. The second kappa shape index (κ2) is 4.04. The van der Waals surface area contributed by atoms with Crippen LogP contribution in [0, 0.1) is 0 Å². The summed E-state index contributed by atoms with van der Waals surface area (Å²) in [7, 11) is 0. The number of aryl methyl sites for hydroxylation is 1. The zero-order valence-electron chi connectivity index (χ0n) is 8.51. The van der Waals surface area contributed by atoms with E-state index in [1.54, 1.807) is 0 Å². The molecule has 0 aliphatic heterocycles. The quantitative estimate of drug-likeness (QED) is 0.801. The Morgan fingerprint density at radius 2 is 1.80 bits per heavy atom. The second-order valence-corrected chi connectivity index (χ2v) is 3.15. The van der Waals surface area contributed by atoms with E-state index in [0.29, 0.717) is 5.82 Å². The standard InChI is InChI=1S/C11H12N4/c1-2-9-13-10(15-11(12)14-9)8-6-4-3-5-7-8/h3-7H,2H2,1H3,(H2,12,13,14,15). The molecule has 2 N–H and O–H groups in total. The van der Waals surface area contributed by atoms with Crippen LogP contribution >= 0.6 is 0 Å².